The van der Waals surface area contributed by atoms with Gasteiger partial charge in [0.05, 0.1) is 12.1 Å². The molecule has 1 aliphatic rings. The van der Waals surface area contributed by atoms with Gasteiger partial charge in [-0.05, 0) is 18.2 Å². The molecule has 17 heavy (non-hydrogen) atoms. The van der Waals surface area contributed by atoms with E-state index in [9.17, 15) is 4.79 Å². The molecule has 0 spiro atoms. The monoisotopic (exact) mass is 298 g/mol. The molecule has 1 aromatic carbocycles. The molecule has 1 saturated heterocycles. The second-order valence-electron chi connectivity index (χ2n) is 4.02. The highest BCUT2D eigenvalue weighted by Gasteiger charge is 2.28. The number of nitrogens with one attached hydrogen (secondary N) is 2. The molecule has 0 saturated carbocycles. The van der Waals surface area contributed by atoms with Crippen molar-refractivity contribution in [2.24, 2.45) is 0 Å². The highest BCUT2D eigenvalue weighted by Crippen LogP contribution is 2.12. The fourth-order valence-corrected chi connectivity index (χ4v) is 2.33. The Labute approximate surface area is 109 Å². The van der Waals surface area contributed by atoms with Gasteiger partial charge in [0.25, 0.3) is 5.91 Å². The number of amides is 1. The molecule has 2 N–H and O–H groups in total. The topological polar surface area (TPSA) is 50.4 Å². The van der Waals surface area contributed by atoms with Gasteiger partial charge in [0, 0.05) is 30.2 Å². The average molecular weight is 299 g/mol. The molecule has 2 atom stereocenters. The van der Waals surface area contributed by atoms with Crippen LogP contribution in [0.15, 0.2) is 28.7 Å². The lowest BCUT2D eigenvalue weighted by Gasteiger charge is -2.18. The molecule has 4 nitrogen and oxygen atoms in total. The molecular formula is C12H15BrN2O2. The summed E-state index contributed by atoms with van der Waals surface area (Å²) in [6, 6.07) is 7.38. The molecule has 1 aromatic rings. The quantitative estimate of drug-likeness (QED) is 0.881. The SMILES string of the molecule is CO[C@H]1CNCC1NC(=O)c1cccc(Br)c1. The van der Waals surface area contributed by atoms with Crippen LogP contribution in [0.4, 0.5) is 0 Å². The van der Waals surface area contributed by atoms with Crippen LogP contribution >= 0.6 is 15.9 Å². The molecule has 1 aliphatic heterocycles. The first-order valence-corrected chi connectivity index (χ1v) is 6.30. The van der Waals surface area contributed by atoms with Gasteiger partial charge < -0.3 is 15.4 Å². The van der Waals surface area contributed by atoms with Gasteiger partial charge in [-0.15, -0.1) is 0 Å². The van der Waals surface area contributed by atoms with Crippen LogP contribution in [0.3, 0.4) is 0 Å². The van der Waals surface area contributed by atoms with Crippen LogP contribution in [0.1, 0.15) is 10.4 Å². The van der Waals surface area contributed by atoms with Gasteiger partial charge in [0.15, 0.2) is 0 Å². The molecule has 5 heteroatoms. The lowest BCUT2D eigenvalue weighted by molar-refractivity contribution is 0.0780. The average Bonchev–Trinajstić information content (AvgIpc) is 2.76. The van der Waals surface area contributed by atoms with E-state index in [4.69, 9.17) is 4.74 Å². The number of hydrogen-bond donors (Lipinski definition) is 2. The summed E-state index contributed by atoms with van der Waals surface area (Å²) in [6.07, 6.45) is 0.0473. The maximum atomic E-state index is 12.0. The van der Waals surface area contributed by atoms with Crippen molar-refractivity contribution >= 4 is 21.8 Å². The van der Waals surface area contributed by atoms with E-state index < -0.39 is 0 Å². The zero-order valence-corrected chi connectivity index (χ0v) is 11.2. The lowest BCUT2D eigenvalue weighted by Crippen LogP contribution is -2.43. The Bertz CT molecular complexity index is 411. The smallest absolute Gasteiger partial charge is 0.251 e. The maximum Gasteiger partial charge on any atom is 0.251 e. The largest absolute Gasteiger partial charge is 0.378 e. The van der Waals surface area contributed by atoms with Gasteiger partial charge in [-0.3, -0.25) is 4.79 Å². The number of carbonyl (C=O) groups excluding carboxylic acids is 1. The normalized spacial score (nSPS) is 23.6. The summed E-state index contributed by atoms with van der Waals surface area (Å²) in [7, 11) is 1.66. The summed E-state index contributed by atoms with van der Waals surface area (Å²) < 4.78 is 6.20. The van der Waals surface area contributed by atoms with Crippen LogP contribution < -0.4 is 10.6 Å². The van der Waals surface area contributed by atoms with Crippen molar-refractivity contribution < 1.29 is 9.53 Å². The van der Waals surface area contributed by atoms with E-state index in [1.165, 1.54) is 0 Å². The minimum absolute atomic E-state index is 0.0338. The standard InChI is InChI=1S/C12H15BrN2O2/c1-17-11-7-14-6-10(11)15-12(16)8-3-2-4-9(13)5-8/h2-5,10-11,14H,6-7H2,1H3,(H,15,16)/t10?,11-/m0/s1. The Kier molecular flexibility index (Phi) is 4.15. The summed E-state index contributed by atoms with van der Waals surface area (Å²) in [5, 5.41) is 6.17. The van der Waals surface area contributed by atoms with Crippen molar-refractivity contribution in [3.63, 3.8) is 0 Å². The van der Waals surface area contributed by atoms with Gasteiger partial charge in [-0.25, -0.2) is 0 Å². The molecule has 0 radical (unpaired) electrons. The van der Waals surface area contributed by atoms with Crippen molar-refractivity contribution in [2.45, 2.75) is 12.1 Å². The maximum absolute atomic E-state index is 12.0. The summed E-state index contributed by atoms with van der Waals surface area (Å²) >= 11 is 3.35. The van der Waals surface area contributed by atoms with Gasteiger partial charge in [-0.1, -0.05) is 22.0 Å². The van der Waals surface area contributed by atoms with E-state index in [0.29, 0.717) is 5.56 Å². The summed E-state index contributed by atoms with van der Waals surface area (Å²) in [5.41, 5.74) is 0.654. The molecule has 1 heterocycles. The van der Waals surface area contributed by atoms with Crippen molar-refractivity contribution in [2.75, 3.05) is 20.2 Å². The molecule has 0 aliphatic carbocycles. The number of halogens is 1. The van der Waals surface area contributed by atoms with Crippen molar-refractivity contribution in [1.29, 1.82) is 0 Å². The van der Waals surface area contributed by atoms with E-state index in [-0.39, 0.29) is 18.1 Å². The van der Waals surface area contributed by atoms with E-state index in [2.05, 4.69) is 26.6 Å². The van der Waals surface area contributed by atoms with Crippen LogP contribution in [0.25, 0.3) is 0 Å². The van der Waals surface area contributed by atoms with Crippen molar-refractivity contribution in [3.8, 4) is 0 Å². The fraction of sp³-hybridized carbons (Fsp3) is 0.417. The second kappa shape index (κ2) is 5.62. The molecule has 1 fully saturated rings. The Balaban J connectivity index is 2.01. The number of hydrogen-bond acceptors (Lipinski definition) is 3. The molecule has 92 valence electrons. The van der Waals surface area contributed by atoms with E-state index >= 15 is 0 Å². The van der Waals surface area contributed by atoms with Gasteiger partial charge in [0.2, 0.25) is 0 Å². The van der Waals surface area contributed by atoms with Crippen LogP contribution in [0, 0.1) is 0 Å². The van der Waals surface area contributed by atoms with Crippen LogP contribution in [0.2, 0.25) is 0 Å². The van der Waals surface area contributed by atoms with Crippen molar-refractivity contribution in [1.82, 2.24) is 10.6 Å². The summed E-state index contributed by atoms with van der Waals surface area (Å²) in [4.78, 5) is 12.0. The zero-order valence-electron chi connectivity index (χ0n) is 9.57. The van der Waals surface area contributed by atoms with Gasteiger partial charge in [0.1, 0.15) is 0 Å². The Morgan fingerprint density at radius 1 is 1.53 bits per heavy atom. The number of carbonyl (C=O) groups is 1. The minimum atomic E-state index is -0.0675. The van der Waals surface area contributed by atoms with Crippen LogP contribution in [0.5, 0.6) is 0 Å². The lowest BCUT2D eigenvalue weighted by atomic mass is 10.1. The third-order valence-electron chi connectivity index (χ3n) is 2.86. The predicted octanol–water partition coefficient (Wildman–Crippen LogP) is 1.17. The number of benzene rings is 1. The minimum Gasteiger partial charge on any atom is -0.378 e. The fourth-order valence-electron chi connectivity index (χ4n) is 1.93. The first kappa shape index (κ1) is 12.5. The van der Waals surface area contributed by atoms with Crippen molar-refractivity contribution in [3.05, 3.63) is 34.3 Å². The highest BCUT2D eigenvalue weighted by molar-refractivity contribution is 9.10. The summed E-state index contributed by atoms with van der Waals surface area (Å²) in [6.45, 7) is 1.53. The molecule has 0 aromatic heterocycles. The zero-order chi connectivity index (χ0) is 12.3. The second-order valence-corrected chi connectivity index (χ2v) is 4.94. The van der Waals surface area contributed by atoms with Crippen LogP contribution in [-0.4, -0.2) is 38.3 Å². The number of methoxy groups -OCH3 is 1. The Hall–Kier alpha value is -0.910. The Morgan fingerprint density at radius 3 is 3.06 bits per heavy atom. The summed E-state index contributed by atoms with van der Waals surface area (Å²) in [5.74, 6) is -0.0675. The first-order valence-electron chi connectivity index (χ1n) is 5.50. The Morgan fingerprint density at radius 2 is 2.35 bits per heavy atom. The van der Waals surface area contributed by atoms with E-state index in [1.54, 1.807) is 19.2 Å². The van der Waals surface area contributed by atoms with Gasteiger partial charge >= 0.3 is 0 Å². The number of rotatable bonds is 3. The first-order chi connectivity index (χ1) is 8.20. The predicted molar refractivity (Wildman–Crippen MR) is 69.1 cm³/mol. The van der Waals surface area contributed by atoms with Crippen LogP contribution in [-0.2, 0) is 4.74 Å². The molecule has 2 rings (SSSR count). The number of ether oxygens (including phenoxy) is 1. The third kappa shape index (κ3) is 3.06. The van der Waals surface area contributed by atoms with E-state index in [0.717, 1.165) is 17.6 Å². The van der Waals surface area contributed by atoms with E-state index in [1.807, 2.05) is 12.1 Å². The third-order valence-corrected chi connectivity index (χ3v) is 3.36. The molecule has 0 bridgehead atoms. The van der Waals surface area contributed by atoms with Gasteiger partial charge in [-0.2, -0.15) is 0 Å². The highest BCUT2D eigenvalue weighted by atomic mass is 79.9. The molecular weight excluding hydrogens is 284 g/mol. The molecule has 1 unspecified atom stereocenters. The molecule has 1 amide bonds.